The standard InChI is InChI=1S/C21H20N6OS/c28-19(14-16-2-4-17(5-3-16)27-8-1-7-24-27)25-9-11-26(12-10-25)20-18-6-13-29-21(18)23-15-22-20/h1-8,13,15H,9-12,14H2. The number of aromatic nitrogens is 4. The fourth-order valence-electron chi connectivity index (χ4n) is 3.67. The Morgan fingerprint density at radius 3 is 2.62 bits per heavy atom. The molecule has 1 aliphatic heterocycles. The average Bonchev–Trinajstić information content (AvgIpc) is 3.46. The fourth-order valence-corrected chi connectivity index (χ4v) is 4.40. The smallest absolute Gasteiger partial charge is 0.227 e. The normalized spacial score (nSPS) is 14.5. The lowest BCUT2D eigenvalue weighted by atomic mass is 10.1. The van der Waals surface area contributed by atoms with Crippen LogP contribution in [0.2, 0.25) is 0 Å². The number of carbonyl (C=O) groups is 1. The molecule has 8 heteroatoms. The molecule has 1 amide bonds. The van der Waals surface area contributed by atoms with Crippen molar-refractivity contribution in [2.45, 2.75) is 6.42 Å². The number of carbonyl (C=O) groups excluding carboxylic acids is 1. The highest BCUT2D eigenvalue weighted by Crippen LogP contribution is 2.27. The van der Waals surface area contributed by atoms with Gasteiger partial charge in [-0.3, -0.25) is 4.79 Å². The lowest BCUT2D eigenvalue weighted by molar-refractivity contribution is -0.130. The highest BCUT2D eigenvalue weighted by Gasteiger charge is 2.23. The third-order valence-electron chi connectivity index (χ3n) is 5.23. The van der Waals surface area contributed by atoms with Gasteiger partial charge in [-0.25, -0.2) is 14.6 Å². The van der Waals surface area contributed by atoms with E-state index in [9.17, 15) is 4.79 Å². The van der Waals surface area contributed by atoms with Crippen molar-refractivity contribution in [3.05, 3.63) is 66.1 Å². The molecule has 7 nitrogen and oxygen atoms in total. The molecular formula is C21H20N6OS. The molecule has 29 heavy (non-hydrogen) atoms. The molecule has 0 bridgehead atoms. The van der Waals surface area contributed by atoms with Crippen LogP contribution < -0.4 is 4.90 Å². The zero-order valence-corrected chi connectivity index (χ0v) is 16.6. The summed E-state index contributed by atoms with van der Waals surface area (Å²) < 4.78 is 1.81. The van der Waals surface area contributed by atoms with Crippen molar-refractivity contribution >= 4 is 33.3 Å². The minimum Gasteiger partial charge on any atom is -0.352 e. The van der Waals surface area contributed by atoms with Gasteiger partial charge in [-0.1, -0.05) is 12.1 Å². The lowest BCUT2D eigenvalue weighted by Crippen LogP contribution is -2.49. The predicted octanol–water partition coefficient (Wildman–Crippen LogP) is 2.77. The Balaban J connectivity index is 1.21. The molecular weight excluding hydrogens is 384 g/mol. The molecule has 5 rings (SSSR count). The highest BCUT2D eigenvalue weighted by atomic mass is 32.1. The molecule has 0 unspecified atom stereocenters. The Morgan fingerprint density at radius 2 is 1.86 bits per heavy atom. The Labute approximate surface area is 172 Å². The molecule has 1 saturated heterocycles. The average molecular weight is 404 g/mol. The van der Waals surface area contributed by atoms with E-state index < -0.39 is 0 Å². The van der Waals surface area contributed by atoms with Gasteiger partial charge in [0, 0.05) is 38.6 Å². The van der Waals surface area contributed by atoms with Crippen LogP contribution in [-0.4, -0.2) is 56.7 Å². The number of amides is 1. The second kappa shape index (κ2) is 7.63. The van der Waals surface area contributed by atoms with E-state index in [1.165, 1.54) is 0 Å². The van der Waals surface area contributed by atoms with Gasteiger partial charge in [-0.05, 0) is 35.2 Å². The Morgan fingerprint density at radius 1 is 1.03 bits per heavy atom. The van der Waals surface area contributed by atoms with Crippen molar-refractivity contribution in [2.75, 3.05) is 31.1 Å². The van der Waals surface area contributed by atoms with E-state index in [1.807, 2.05) is 51.5 Å². The molecule has 1 aliphatic rings. The van der Waals surface area contributed by atoms with Gasteiger partial charge in [-0.2, -0.15) is 5.10 Å². The predicted molar refractivity (Wildman–Crippen MR) is 113 cm³/mol. The van der Waals surface area contributed by atoms with Gasteiger partial charge in [0.2, 0.25) is 5.91 Å². The van der Waals surface area contributed by atoms with Crippen LogP contribution in [0.15, 0.2) is 60.5 Å². The van der Waals surface area contributed by atoms with Crippen molar-refractivity contribution in [1.82, 2.24) is 24.6 Å². The Hall–Kier alpha value is -3.26. The topological polar surface area (TPSA) is 67.2 Å². The van der Waals surface area contributed by atoms with Crippen molar-refractivity contribution in [1.29, 1.82) is 0 Å². The van der Waals surface area contributed by atoms with Crippen molar-refractivity contribution in [3.63, 3.8) is 0 Å². The zero-order chi connectivity index (χ0) is 19.6. The fraction of sp³-hybridized carbons (Fsp3) is 0.238. The molecule has 4 heterocycles. The van der Waals surface area contributed by atoms with E-state index >= 15 is 0 Å². The first-order chi connectivity index (χ1) is 14.3. The van der Waals surface area contributed by atoms with E-state index in [1.54, 1.807) is 23.9 Å². The number of nitrogens with zero attached hydrogens (tertiary/aromatic N) is 6. The highest BCUT2D eigenvalue weighted by molar-refractivity contribution is 7.16. The second-order valence-electron chi connectivity index (χ2n) is 7.00. The number of hydrogen-bond acceptors (Lipinski definition) is 6. The third-order valence-corrected chi connectivity index (χ3v) is 6.05. The van der Waals surface area contributed by atoms with E-state index in [2.05, 4.69) is 26.0 Å². The molecule has 0 radical (unpaired) electrons. The summed E-state index contributed by atoms with van der Waals surface area (Å²) in [6.45, 7) is 2.98. The van der Waals surface area contributed by atoms with E-state index in [4.69, 9.17) is 0 Å². The van der Waals surface area contributed by atoms with Gasteiger partial charge in [0.25, 0.3) is 0 Å². The Kier molecular flexibility index (Phi) is 4.69. The molecule has 0 atom stereocenters. The van der Waals surface area contributed by atoms with Gasteiger partial charge in [-0.15, -0.1) is 11.3 Å². The monoisotopic (exact) mass is 404 g/mol. The SMILES string of the molecule is O=C(Cc1ccc(-n2cccn2)cc1)N1CCN(c2ncnc3sccc23)CC1. The van der Waals surface area contributed by atoms with Crippen molar-refractivity contribution in [3.8, 4) is 5.69 Å². The number of rotatable bonds is 4. The summed E-state index contributed by atoms with van der Waals surface area (Å²) in [5.41, 5.74) is 2.01. The Bertz CT molecular complexity index is 1110. The maximum Gasteiger partial charge on any atom is 0.227 e. The summed E-state index contributed by atoms with van der Waals surface area (Å²) in [7, 11) is 0. The van der Waals surface area contributed by atoms with Crippen LogP contribution in [0.1, 0.15) is 5.56 Å². The summed E-state index contributed by atoms with van der Waals surface area (Å²) in [6.07, 6.45) is 5.70. The zero-order valence-electron chi connectivity index (χ0n) is 15.8. The molecule has 0 saturated carbocycles. The molecule has 3 aromatic heterocycles. The summed E-state index contributed by atoms with van der Waals surface area (Å²) in [4.78, 5) is 26.8. The summed E-state index contributed by atoms with van der Waals surface area (Å²) in [6, 6.07) is 11.9. The summed E-state index contributed by atoms with van der Waals surface area (Å²) >= 11 is 1.62. The van der Waals surface area contributed by atoms with Crippen LogP contribution >= 0.6 is 11.3 Å². The van der Waals surface area contributed by atoms with Gasteiger partial charge in [0.15, 0.2) is 0 Å². The molecule has 4 aromatic rings. The first-order valence-electron chi connectivity index (χ1n) is 9.58. The maximum absolute atomic E-state index is 12.8. The largest absolute Gasteiger partial charge is 0.352 e. The third kappa shape index (κ3) is 3.58. The van der Waals surface area contributed by atoms with E-state index in [-0.39, 0.29) is 5.91 Å². The van der Waals surface area contributed by atoms with Crippen LogP contribution in [0, 0.1) is 0 Å². The van der Waals surface area contributed by atoms with Crippen LogP contribution in [0.4, 0.5) is 5.82 Å². The number of benzene rings is 1. The summed E-state index contributed by atoms with van der Waals surface area (Å²) in [5, 5.41) is 7.36. The van der Waals surface area contributed by atoms with Crippen LogP contribution in [0.5, 0.6) is 0 Å². The van der Waals surface area contributed by atoms with E-state index in [0.29, 0.717) is 19.5 Å². The number of piperazine rings is 1. The molecule has 0 N–H and O–H groups in total. The van der Waals surface area contributed by atoms with Gasteiger partial charge in [0.05, 0.1) is 17.5 Å². The number of fused-ring (bicyclic) bond motifs is 1. The number of anilines is 1. The van der Waals surface area contributed by atoms with Crippen molar-refractivity contribution < 1.29 is 4.79 Å². The first-order valence-corrected chi connectivity index (χ1v) is 10.5. The number of thiophene rings is 1. The van der Waals surface area contributed by atoms with Crippen LogP contribution in [0.25, 0.3) is 15.9 Å². The van der Waals surface area contributed by atoms with Gasteiger partial charge < -0.3 is 9.80 Å². The molecule has 1 fully saturated rings. The first kappa shape index (κ1) is 17.8. The maximum atomic E-state index is 12.8. The minimum atomic E-state index is 0.167. The minimum absolute atomic E-state index is 0.167. The van der Waals surface area contributed by atoms with Crippen molar-refractivity contribution in [2.24, 2.45) is 0 Å². The van der Waals surface area contributed by atoms with Gasteiger partial charge in [0.1, 0.15) is 17.0 Å². The van der Waals surface area contributed by atoms with Gasteiger partial charge >= 0.3 is 0 Å². The van der Waals surface area contributed by atoms with Crippen LogP contribution in [-0.2, 0) is 11.2 Å². The number of hydrogen-bond donors (Lipinski definition) is 0. The lowest BCUT2D eigenvalue weighted by Gasteiger charge is -2.35. The van der Waals surface area contributed by atoms with Crippen LogP contribution in [0.3, 0.4) is 0 Å². The summed E-state index contributed by atoms with van der Waals surface area (Å²) in [5.74, 6) is 1.14. The molecule has 0 spiro atoms. The molecule has 146 valence electrons. The van der Waals surface area contributed by atoms with E-state index in [0.717, 1.165) is 40.4 Å². The molecule has 1 aromatic carbocycles. The quantitative estimate of drug-likeness (QED) is 0.523. The molecule has 0 aliphatic carbocycles. The second-order valence-corrected chi connectivity index (χ2v) is 7.89.